The molecule has 0 unspecified atom stereocenters. The van der Waals surface area contributed by atoms with Gasteiger partial charge in [-0.3, -0.25) is 9.78 Å². The summed E-state index contributed by atoms with van der Waals surface area (Å²) in [5, 5.41) is 0. The third kappa shape index (κ3) is 3.97. The van der Waals surface area contributed by atoms with E-state index < -0.39 is 0 Å². The minimum atomic E-state index is -0.244. The summed E-state index contributed by atoms with van der Waals surface area (Å²) in [6.07, 6.45) is 8.14. The number of anilines is 2. The summed E-state index contributed by atoms with van der Waals surface area (Å²) in [7, 11) is 0. The van der Waals surface area contributed by atoms with Crippen LogP contribution in [0.5, 0.6) is 0 Å². The van der Waals surface area contributed by atoms with Gasteiger partial charge in [-0.1, -0.05) is 18.2 Å². The zero-order valence-electron chi connectivity index (χ0n) is 19.7. The van der Waals surface area contributed by atoms with Gasteiger partial charge in [-0.2, -0.15) is 0 Å². The Morgan fingerprint density at radius 2 is 1.50 bits per heavy atom. The second-order valence-corrected chi connectivity index (χ2v) is 10.00. The van der Waals surface area contributed by atoms with Crippen molar-refractivity contribution >= 4 is 28.6 Å². The number of amides is 1. The van der Waals surface area contributed by atoms with E-state index in [1.54, 1.807) is 0 Å². The number of carbonyl (C=O) groups excluding carboxylic acids is 1. The molecule has 3 aliphatic rings. The Kier molecular flexibility index (Phi) is 5.55. The van der Waals surface area contributed by atoms with Crippen molar-refractivity contribution in [1.29, 1.82) is 0 Å². The van der Waals surface area contributed by atoms with Gasteiger partial charge < -0.3 is 14.7 Å². The third-order valence-electron chi connectivity index (χ3n) is 7.88. The zero-order chi connectivity index (χ0) is 23.0. The summed E-state index contributed by atoms with van der Waals surface area (Å²) in [6.45, 7) is 5.30. The lowest BCUT2D eigenvalue weighted by molar-refractivity contribution is -0.148. The minimum absolute atomic E-state index is 0.244. The number of likely N-dealkylation sites (tertiary alicyclic amines) is 1. The number of carbonyl (C=O) groups is 1. The van der Waals surface area contributed by atoms with Crippen molar-refractivity contribution in [2.75, 3.05) is 42.5 Å². The highest BCUT2D eigenvalue weighted by Gasteiger charge is 2.45. The van der Waals surface area contributed by atoms with Gasteiger partial charge in [0.1, 0.15) is 11.6 Å². The van der Waals surface area contributed by atoms with E-state index in [0.29, 0.717) is 12.5 Å². The molecule has 176 valence electrons. The summed E-state index contributed by atoms with van der Waals surface area (Å²) in [5.74, 6) is 2.28. The van der Waals surface area contributed by atoms with E-state index in [1.165, 1.54) is 12.8 Å². The molecule has 3 aromatic rings. The molecule has 2 aromatic heterocycles. The molecule has 0 aliphatic carbocycles. The largest absolute Gasteiger partial charge is 0.357 e. The Bertz CT molecular complexity index is 1180. The SMILES string of the molecule is O=C1N(Cc2cccc(N3CCCC3)n2)CCCC12CCN(c1cnc3ccccc3n1)CC2. The molecule has 34 heavy (non-hydrogen) atoms. The lowest BCUT2D eigenvalue weighted by Crippen LogP contribution is -2.53. The molecule has 0 bridgehead atoms. The molecule has 3 fully saturated rings. The Balaban J connectivity index is 1.14. The van der Waals surface area contributed by atoms with Gasteiger partial charge in [-0.25, -0.2) is 9.97 Å². The monoisotopic (exact) mass is 456 g/mol. The number of nitrogens with zero attached hydrogens (tertiary/aromatic N) is 6. The van der Waals surface area contributed by atoms with Gasteiger partial charge in [0.2, 0.25) is 5.91 Å². The molecule has 1 amide bonds. The van der Waals surface area contributed by atoms with Crippen LogP contribution in [0.3, 0.4) is 0 Å². The number of aromatic nitrogens is 3. The van der Waals surface area contributed by atoms with E-state index in [1.807, 2.05) is 30.5 Å². The first-order valence-electron chi connectivity index (χ1n) is 12.7. The fourth-order valence-electron chi connectivity index (χ4n) is 5.90. The van der Waals surface area contributed by atoms with Crippen molar-refractivity contribution in [1.82, 2.24) is 19.9 Å². The van der Waals surface area contributed by atoms with E-state index in [-0.39, 0.29) is 5.41 Å². The van der Waals surface area contributed by atoms with Gasteiger partial charge in [0.15, 0.2) is 0 Å². The van der Waals surface area contributed by atoms with Crippen molar-refractivity contribution in [3.8, 4) is 0 Å². The molecule has 0 N–H and O–H groups in total. The standard InChI is InChI=1S/C27H32N6O/c34-26-27(12-17-32(18-13-27)25-19-28-22-8-1-2-9-23(22)30-25)11-6-16-33(26)20-21-7-5-10-24(29-21)31-14-3-4-15-31/h1-2,5,7-10,19H,3-4,6,11-18,20H2. The Morgan fingerprint density at radius 1 is 0.735 bits per heavy atom. The molecule has 0 saturated carbocycles. The van der Waals surface area contributed by atoms with Gasteiger partial charge in [-0.15, -0.1) is 0 Å². The van der Waals surface area contributed by atoms with Crippen LogP contribution in [-0.2, 0) is 11.3 Å². The molecular weight excluding hydrogens is 424 g/mol. The molecule has 3 saturated heterocycles. The molecule has 1 aromatic carbocycles. The van der Waals surface area contributed by atoms with E-state index in [9.17, 15) is 4.79 Å². The molecular formula is C27H32N6O. The number of hydrogen-bond donors (Lipinski definition) is 0. The van der Waals surface area contributed by atoms with Gasteiger partial charge in [0.25, 0.3) is 0 Å². The molecule has 7 heteroatoms. The van der Waals surface area contributed by atoms with Gasteiger partial charge in [0.05, 0.1) is 34.9 Å². The minimum Gasteiger partial charge on any atom is -0.357 e. The summed E-state index contributed by atoms with van der Waals surface area (Å²) in [6, 6.07) is 14.2. The zero-order valence-corrected chi connectivity index (χ0v) is 19.7. The number of para-hydroxylation sites is 2. The van der Waals surface area contributed by atoms with Crippen LogP contribution in [0.15, 0.2) is 48.7 Å². The van der Waals surface area contributed by atoms with Crippen LogP contribution < -0.4 is 9.80 Å². The van der Waals surface area contributed by atoms with Crippen molar-refractivity contribution in [3.05, 3.63) is 54.4 Å². The molecule has 3 aliphatic heterocycles. The van der Waals surface area contributed by atoms with Gasteiger partial charge in [-0.05, 0) is 62.8 Å². The highest BCUT2D eigenvalue weighted by Crippen LogP contribution is 2.42. The third-order valence-corrected chi connectivity index (χ3v) is 7.88. The molecule has 1 spiro atoms. The van der Waals surface area contributed by atoms with E-state index in [0.717, 1.165) is 86.8 Å². The fraction of sp³-hybridized carbons (Fsp3) is 0.481. The molecule has 0 radical (unpaired) electrons. The second-order valence-electron chi connectivity index (χ2n) is 10.00. The van der Waals surface area contributed by atoms with Crippen LogP contribution in [0.4, 0.5) is 11.6 Å². The lowest BCUT2D eigenvalue weighted by atomic mass is 9.71. The topological polar surface area (TPSA) is 65.5 Å². The van der Waals surface area contributed by atoms with Crippen LogP contribution in [0.25, 0.3) is 11.0 Å². The number of benzene rings is 1. The first-order valence-corrected chi connectivity index (χ1v) is 12.7. The summed E-state index contributed by atoms with van der Waals surface area (Å²) in [5.41, 5.74) is 2.59. The van der Waals surface area contributed by atoms with E-state index in [2.05, 4.69) is 37.9 Å². The van der Waals surface area contributed by atoms with Crippen molar-refractivity contribution in [2.24, 2.45) is 5.41 Å². The fourth-order valence-corrected chi connectivity index (χ4v) is 5.90. The van der Waals surface area contributed by atoms with Crippen LogP contribution in [0.1, 0.15) is 44.2 Å². The van der Waals surface area contributed by atoms with Gasteiger partial charge >= 0.3 is 0 Å². The maximum Gasteiger partial charge on any atom is 0.229 e. The van der Waals surface area contributed by atoms with Gasteiger partial charge in [0, 0.05) is 32.7 Å². The highest BCUT2D eigenvalue weighted by atomic mass is 16.2. The first kappa shape index (κ1) is 21.3. The molecule has 7 nitrogen and oxygen atoms in total. The second kappa shape index (κ2) is 8.85. The predicted molar refractivity (Wildman–Crippen MR) is 134 cm³/mol. The molecule has 6 rings (SSSR count). The number of pyridine rings is 1. The first-order chi connectivity index (χ1) is 16.7. The van der Waals surface area contributed by atoms with Crippen LogP contribution in [-0.4, -0.2) is 58.5 Å². The summed E-state index contributed by atoms with van der Waals surface area (Å²) < 4.78 is 0. The van der Waals surface area contributed by atoms with Crippen LogP contribution >= 0.6 is 0 Å². The smallest absolute Gasteiger partial charge is 0.229 e. The number of piperidine rings is 2. The van der Waals surface area contributed by atoms with Crippen molar-refractivity contribution < 1.29 is 4.79 Å². The maximum atomic E-state index is 13.7. The van der Waals surface area contributed by atoms with Crippen molar-refractivity contribution in [3.63, 3.8) is 0 Å². The highest BCUT2D eigenvalue weighted by molar-refractivity contribution is 5.84. The Hall–Kier alpha value is -3.22. The average Bonchev–Trinajstić information content (AvgIpc) is 3.43. The summed E-state index contributed by atoms with van der Waals surface area (Å²) in [4.78, 5) is 34.7. The average molecular weight is 457 g/mol. The van der Waals surface area contributed by atoms with E-state index >= 15 is 0 Å². The lowest BCUT2D eigenvalue weighted by Gasteiger charge is -2.46. The van der Waals surface area contributed by atoms with Crippen LogP contribution in [0, 0.1) is 5.41 Å². The normalized spacial score (nSPS) is 20.5. The van der Waals surface area contributed by atoms with E-state index in [4.69, 9.17) is 9.97 Å². The van der Waals surface area contributed by atoms with Crippen molar-refractivity contribution in [2.45, 2.75) is 45.1 Å². The maximum absolute atomic E-state index is 13.7. The number of hydrogen-bond acceptors (Lipinski definition) is 6. The predicted octanol–water partition coefficient (Wildman–Crippen LogP) is 4.03. The molecule has 0 atom stereocenters. The number of rotatable bonds is 4. The van der Waals surface area contributed by atoms with Crippen LogP contribution in [0.2, 0.25) is 0 Å². The number of fused-ring (bicyclic) bond motifs is 1. The quantitative estimate of drug-likeness (QED) is 0.591. The Morgan fingerprint density at radius 3 is 2.32 bits per heavy atom. The Labute approximate surface area is 200 Å². The summed E-state index contributed by atoms with van der Waals surface area (Å²) >= 11 is 0. The molecule has 5 heterocycles.